The minimum absolute atomic E-state index is 0.368. The molecule has 0 unspecified atom stereocenters. The van der Waals surface area contributed by atoms with Gasteiger partial charge in [-0.1, -0.05) is 30.8 Å². The molecule has 2 aliphatic rings. The molecule has 8 nitrogen and oxygen atoms in total. The molecule has 0 spiro atoms. The number of piperazine rings is 1. The summed E-state index contributed by atoms with van der Waals surface area (Å²) in [6, 6.07) is 17.2. The molecule has 35 heavy (non-hydrogen) atoms. The number of rotatable bonds is 7. The Bertz CT molecular complexity index is 1120. The molecule has 2 heterocycles. The number of carbonyl (C=O) groups excluding carboxylic acids is 1. The van der Waals surface area contributed by atoms with Gasteiger partial charge in [-0.25, -0.2) is 4.79 Å². The van der Waals surface area contributed by atoms with E-state index in [4.69, 9.17) is 15.1 Å². The number of anilines is 1. The largest absolute Gasteiger partial charge is 0.448 e. The van der Waals surface area contributed by atoms with Gasteiger partial charge in [0.2, 0.25) is 0 Å². The number of likely N-dealkylation sites (N-methyl/N-ethyl adjacent to an activating group) is 1. The van der Waals surface area contributed by atoms with Gasteiger partial charge in [0, 0.05) is 44.2 Å². The predicted molar refractivity (Wildman–Crippen MR) is 140 cm³/mol. The molecule has 0 atom stereocenters. The zero-order valence-corrected chi connectivity index (χ0v) is 20.8. The van der Waals surface area contributed by atoms with Crippen molar-refractivity contribution in [3.63, 3.8) is 0 Å². The Hall–Kier alpha value is -3.32. The molecule has 0 bridgehead atoms. The minimum Gasteiger partial charge on any atom is -0.448 e. The molecule has 0 aromatic heterocycles. The molecule has 1 fully saturated rings. The summed E-state index contributed by atoms with van der Waals surface area (Å²) in [5.74, 6) is 0.725. The molecule has 0 aliphatic carbocycles. The Morgan fingerprint density at radius 1 is 1.20 bits per heavy atom. The maximum absolute atomic E-state index is 12.3. The van der Waals surface area contributed by atoms with Crippen molar-refractivity contribution in [1.82, 2.24) is 14.8 Å². The molecular weight excluding hydrogens is 460 g/mol. The molecule has 0 radical (unpaired) electrons. The van der Waals surface area contributed by atoms with Crippen LogP contribution in [0.15, 0.2) is 65.2 Å². The fourth-order valence-electron chi connectivity index (χ4n) is 3.87. The Balaban J connectivity index is 1.31. The highest BCUT2D eigenvalue weighted by Gasteiger charge is 2.19. The van der Waals surface area contributed by atoms with E-state index in [1.807, 2.05) is 41.4 Å². The highest BCUT2D eigenvalue weighted by molar-refractivity contribution is 8.03. The maximum atomic E-state index is 12.3. The smallest absolute Gasteiger partial charge is 0.411 e. The first-order valence-electron chi connectivity index (χ1n) is 11.6. The van der Waals surface area contributed by atoms with Crippen LogP contribution in [0.1, 0.15) is 16.7 Å². The number of thioether (sulfide) groups is 1. The zero-order valence-electron chi connectivity index (χ0n) is 19.9. The fraction of sp³-hybridized carbons (Fsp3) is 0.346. The van der Waals surface area contributed by atoms with Gasteiger partial charge >= 0.3 is 6.09 Å². The molecule has 2 aromatic carbocycles. The number of hydrogen-bond acceptors (Lipinski definition) is 8. The van der Waals surface area contributed by atoms with Crippen LogP contribution < -0.4 is 5.32 Å². The van der Waals surface area contributed by atoms with E-state index in [2.05, 4.69) is 34.8 Å². The van der Waals surface area contributed by atoms with Crippen molar-refractivity contribution in [3.05, 3.63) is 76.8 Å². The number of hydrogen-bond donors (Lipinski definition) is 1. The third-order valence-electron chi connectivity index (χ3n) is 5.99. The second-order valence-electron chi connectivity index (χ2n) is 8.58. The van der Waals surface area contributed by atoms with Crippen LogP contribution in [0.5, 0.6) is 0 Å². The molecule has 182 valence electrons. The Kier molecular flexibility index (Phi) is 8.42. The molecule has 4 rings (SSSR count). The second-order valence-corrected chi connectivity index (χ2v) is 9.63. The lowest BCUT2D eigenvalue weighted by Crippen LogP contribution is -2.45. The van der Waals surface area contributed by atoms with Crippen molar-refractivity contribution in [2.75, 3.05) is 57.4 Å². The molecule has 1 amide bonds. The Morgan fingerprint density at radius 2 is 1.97 bits per heavy atom. The van der Waals surface area contributed by atoms with E-state index in [9.17, 15) is 4.79 Å². The van der Waals surface area contributed by atoms with Gasteiger partial charge in [0.15, 0.2) is 0 Å². The normalized spacial score (nSPS) is 17.0. The minimum atomic E-state index is -0.449. The summed E-state index contributed by atoms with van der Waals surface area (Å²) < 4.78 is 5.39. The monoisotopic (exact) mass is 490 g/mol. The Morgan fingerprint density at radius 3 is 2.71 bits per heavy atom. The highest BCUT2D eigenvalue weighted by atomic mass is 32.2. The zero-order chi connectivity index (χ0) is 24.6. The molecule has 1 N–H and O–H groups in total. The van der Waals surface area contributed by atoms with Gasteiger partial charge in [0.25, 0.3) is 0 Å². The van der Waals surface area contributed by atoms with Gasteiger partial charge in [0.1, 0.15) is 6.61 Å². The van der Waals surface area contributed by atoms with Crippen molar-refractivity contribution < 1.29 is 9.53 Å². The predicted octanol–water partition coefficient (Wildman–Crippen LogP) is 3.78. The first-order valence-corrected chi connectivity index (χ1v) is 12.6. The number of hydrazone groups is 1. The SMILES string of the molecule is C=C1SCC(c2ccc(C#N)cc2)=NN1Cc1cccc(NC(=O)OCCN2CCN(C)CC2)c1. The quantitative estimate of drug-likeness (QED) is 0.632. The van der Waals surface area contributed by atoms with Crippen LogP contribution in [0, 0.1) is 11.3 Å². The van der Waals surface area contributed by atoms with E-state index in [1.54, 1.807) is 23.9 Å². The van der Waals surface area contributed by atoms with Crippen molar-refractivity contribution in [3.8, 4) is 6.07 Å². The van der Waals surface area contributed by atoms with E-state index in [0.717, 1.165) is 60.3 Å². The number of nitrogens with one attached hydrogen (secondary N) is 1. The van der Waals surface area contributed by atoms with Gasteiger partial charge in [-0.05, 0) is 42.4 Å². The van der Waals surface area contributed by atoms with Crippen LogP contribution in [-0.4, -0.2) is 78.7 Å². The summed E-state index contributed by atoms with van der Waals surface area (Å²) in [6.07, 6.45) is -0.449. The lowest BCUT2D eigenvalue weighted by molar-refractivity contribution is 0.111. The van der Waals surface area contributed by atoms with Gasteiger partial charge in [-0.15, -0.1) is 11.8 Å². The van der Waals surface area contributed by atoms with Crippen molar-refractivity contribution in [1.29, 1.82) is 5.26 Å². The van der Waals surface area contributed by atoms with E-state index >= 15 is 0 Å². The highest BCUT2D eigenvalue weighted by Crippen LogP contribution is 2.28. The van der Waals surface area contributed by atoms with E-state index in [1.165, 1.54) is 0 Å². The lowest BCUT2D eigenvalue weighted by atomic mass is 10.1. The average Bonchev–Trinajstić information content (AvgIpc) is 2.87. The summed E-state index contributed by atoms with van der Waals surface area (Å²) in [5, 5.41) is 19.4. The van der Waals surface area contributed by atoms with Crippen molar-refractivity contribution in [2.45, 2.75) is 6.54 Å². The van der Waals surface area contributed by atoms with E-state index in [-0.39, 0.29) is 0 Å². The third-order valence-corrected chi connectivity index (χ3v) is 6.96. The summed E-state index contributed by atoms with van der Waals surface area (Å²) in [6.45, 7) is 9.86. The summed E-state index contributed by atoms with van der Waals surface area (Å²) in [5.41, 5.74) is 4.22. The summed E-state index contributed by atoms with van der Waals surface area (Å²) in [7, 11) is 2.12. The molecular formula is C26H30N6O2S. The number of benzene rings is 2. The summed E-state index contributed by atoms with van der Waals surface area (Å²) in [4.78, 5) is 16.9. The van der Waals surface area contributed by atoms with Crippen LogP contribution in [0.2, 0.25) is 0 Å². The average molecular weight is 491 g/mol. The maximum Gasteiger partial charge on any atom is 0.411 e. The number of ether oxygens (including phenoxy) is 1. The summed E-state index contributed by atoms with van der Waals surface area (Å²) >= 11 is 1.63. The van der Waals surface area contributed by atoms with Crippen molar-refractivity contribution >= 4 is 29.3 Å². The van der Waals surface area contributed by atoms with Crippen molar-refractivity contribution in [2.24, 2.45) is 5.10 Å². The Labute approximate surface area is 210 Å². The van der Waals surface area contributed by atoms with Crippen LogP contribution >= 0.6 is 11.8 Å². The lowest BCUT2D eigenvalue weighted by Gasteiger charge is -2.32. The van der Waals surface area contributed by atoms with Crippen LogP contribution in [0.4, 0.5) is 10.5 Å². The van der Waals surface area contributed by atoms with Gasteiger partial charge in [-0.2, -0.15) is 10.4 Å². The molecule has 2 aromatic rings. The molecule has 2 aliphatic heterocycles. The van der Waals surface area contributed by atoms with Crippen LogP contribution in [0.3, 0.4) is 0 Å². The van der Waals surface area contributed by atoms with Crippen LogP contribution in [-0.2, 0) is 11.3 Å². The first kappa shape index (κ1) is 24.8. The second kappa shape index (κ2) is 11.9. The standard InChI is InChI=1S/C26H30N6O2S/c1-20-32(29-25(19-35-20)23-8-6-21(17-27)7-9-23)18-22-4-3-5-24(16-22)28-26(33)34-15-14-31-12-10-30(2)11-13-31/h3-9,16H,1,10-15,18-19H2,2H3,(H,28,33). The fourth-order valence-corrected chi connectivity index (χ4v) is 4.65. The molecule has 1 saturated heterocycles. The number of nitriles is 1. The molecule has 9 heteroatoms. The first-order chi connectivity index (χ1) is 17.0. The van der Waals surface area contributed by atoms with Gasteiger partial charge in [0.05, 0.1) is 28.9 Å². The molecule has 0 saturated carbocycles. The van der Waals surface area contributed by atoms with E-state index < -0.39 is 6.09 Å². The van der Waals surface area contributed by atoms with Crippen LogP contribution in [0.25, 0.3) is 0 Å². The van der Waals surface area contributed by atoms with E-state index in [0.29, 0.717) is 24.4 Å². The number of amides is 1. The third kappa shape index (κ3) is 7.09. The van der Waals surface area contributed by atoms with Gasteiger partial charge in [-0.3, -0.25) is 15.2 Å². The number of carbonyl (C=O) groups is 1. The number of nitrogens with zero attached hydrogens (tertiary/aromatic N) is 5. The topological polar surface area (TPSA) is 84.2 Å². The van der Waals surface area contributed by atoms with Gasteiger partial charge < -0.3 is 9.64 Å².